The van der Waals surface area contributed by atoms with Crippen LogP contribution in [0.15, 0.2) is 126 Å². The second-order valence-corrected chi connectivity index (χ2v) is 27.3. The van der Waals surface area contributed by atoms with Crippen molar-refractivity contribution in [1.82, 2.24) is 49.5 Å². The summed E-state index contributed by atoms with van der Waals surface area (Å²) in [5, 5.41) is 31.5. The molecule has 7 unspecified atom stereocenters. The third-order valence-electron chi connectivity index (χ3n) is 16.8. The number of aliphatic hydroxyl groups excluding tert-OH is 2. The maximum atomic E-state index is 13.1. The topological polar surface area (TPSA) is 467 Å². The Morgan fingerprint density at radius 3 is 1.59 bits per heavy atom. The van der Waals surface area contributed by atoms with Crippen molar-refractivity contribution in [3.63, 3.8) is 0 Å². The summed E-state index contributed by atoms with van der Waals surface area (Å²) in [7, 11) is -9.55. The number of anilines is 2. The molecule has 2 aromatic carbocycles. The Morgan fingerprint density at radius 2 is 1.11 bits per heavy atom. The fourth-order valence-corrected chi connectivity index (χ4v) is 12.7. The summed E-state index contributed by atoms with van der Waals surface area (Å²) in [6.07, 6.45) is 15.6. The largest absolute Gasteiger partial charge is 0.756 e. The molecule has 2 fully saturated rings. The molecule has 0 radical (unpaired) electrons. The maximum absolute atomic E-state index is 13.1. The number of nitrogens with two attached hydrogens (primary N) is 3. The molecule has 11 atom stereocenters. The number of rotatable bonds is 36. The lowest BCUT2D eigenvalue weighted by atomic mass is 9.83. The zero-order valence-corrected chi connectivity index (χ0v) is 58.4. The number of nitrogen functional groups attached to an aromatic ring is 2. The lowest BCUT2D eigenvalue weighted by molar-refractivity contribution is -0.229. The summed E-state index contributed by atoms with van der Waals surface area (Å²) in [5.74, 6) is -0.969. The number of fused-ring (bicyclic) bond motifs is 1. The minimum absolute atomic E-state index is 0.00461. The second kappa shape index (κ2) is 40.5. The van der Waals surface area contributed by atoms with Crippen molar-refractivity contribution in [3.8, 4) is 0 Å². The van der Waals surface area contributed by atoms with Gasteiger partial charge in [-0.3, -0.25) is 42.2 Å². The van der Waals surface area contributed by atoms with Gasteiger partial charge in [-0.15, -0.1) is 0 Å². The zero-order chi connectivity index (χ0) is 72.9. The summed E-state index contributed by atoms with van der Waals surface area (Å²) in [5.41, 5.74) is 18.6. The highest BCUT2D eigenvalue weighted by Crippen LogP contribution is 2.42. The quantitative estimate of drug-likeness (QED) is 0.0154. The van der Waals surface area contributed by atoms with E-state index < -0.39 is 95.0 Å². The molecule has 0 spiro atoms. The van der Waals surface area contributed by atoms with E-state index in [4.69, 9.17) is 44.8 Å². The van der Waals surface area contributed by atoms with Gasteiger partial charge < -0.3 is 95.2 Å². The third-order valence-corrected chi connectivity index (χ3v) is 18.7. The van der Waals surface area contributed by atoms with Crippen molar-refractivity contribution in [2.24, 2.45) is 11.7 Å². The standard InChI is InChI=1S/C34H47N6O9P.C19H23N4O9P.C14H25N3O/c1-2-3-4-5-6-14-36-33(43)25-19-26(27-8-7-16-39(27)21-25)23-9-11-24(12-10-23)32(42)37-15-18-47-50(45,46)48-22-29-28(41)20-31(49-29)40-17-13-30(35)38-34(40)44;20-16-5-7-23(19(27)22-16)17-9-14(25)15(32-17)11-31-33(28,29)30-8-6-21-18(26)13-3-1-12(10-24)2-4-13;1-2-3-4-5-6-9-16-14(18)13(15)12-17-10-7-8-11-17/h7-13,16-17,25-26,28-29,31,41H,2-6,14-15,18-22H2,1H3,(H,36,43)(H,37,42)(H,45,46)(H2,35,38,44);1-5,7,10,14-15,17,25H,6,8-9,11H2,(H,21,26)(H,28,29)(H2,20,22,27);7-8,10-11,13H,2-6,9,12,15H2,1H3,(H,16,18)/p-2/t25?,26?,28?,29-,31-;14?,15-,17-;/m11./s1. The Balaban J connectivity index is 0.000000239. The fraction of sp³-hybridized carbons (Fsp3) is 0.507. The van der Waals surface area contributed by atoms with Crippen LogP contribution in [0.2, 0.25) is 0 Å². The van der Waals surface area contributed by atoms with Gasteiger partial charge in [0.25, 0.3) is 27.5 Å². The molecule has 0 aliphatic carbocycles. The molecule has 2 saturated heterocycles. The van der Waals surface area contributed by atoms with Gasteiger partial charge in [0.15, 0.2) is 0 Å². The smallest absolute Gasteiger partial charge is 0.351 e. The first-order valence-electron chi connectivity index (χ1n) is 33.8. The average Bonchev–Trinajstić information content (AvgIpc) is 1.77. The Hall–Kier alpha value is -8.07. The van der Waals surface area contributed by atoms with E-state index in [0.29, 0.717) is 49.0 Å². The van der Waals surface area contributed by atoms with Crippen molar-refractivity contribution < 1.29 is 80.7 Å². The number of amides is 4. The minimum Gasteiger partial charge on any atom is -0.756 e. The highest BCUT2D eigenvalue weighted by molar-refractivity contribution is 7.46. The van der Waals surface area contributed by atoms with Gasteiger partial charge in [-0.25, -0.2) is 9.59 Å². The molecule has 4 amide bonds. The number of nitrogens with zero attached hydrogens (tertiary/aromatic N) is 6. The van der Waals surface area contributed by atoms with E-state index in [1.165, 1.54) is 93.7 Å². The summed E-state index contributed by atoms with van der Waals surface area (Å²) >= 11 is 0. The zero-order valence-electron chi connectivity index (χ0n) is 56.7. The third kappa shape index (κ3) is 26.1. The van der Waals surface area contributed by atoms with E-state index in [1.807, 2.05) is 53.5 Å². The fourth-order valence-electron chi connectivity index (χ4n) is 11.3. The number of phosphoric acid groups is 2. The summed E-state index contributed by atoms with van der Waals surface area (Å²) in [4.78, 5) is 116. The first kappa shape index (κ1) is 80.2. The first-order valence-corrected chi connectivity index (χ1v) is 36.7. The minimum atomic E-state index is -4.80. The number of carbonyl (C=O) groups excluding carboxylic acids is 5. The lowest BCUT2D eigenvalue weighted by Crippen LogP contribution is -2.43. The van der Waals surface area contributed by atoms with Crippen LogP contribution >= 0.6 is 15.6 Å². The van der Waals surface area contributed by atoms with E-state index >= 15 is 0 Å². The van der Waals surface area contributed by atoms with Gasteiger partial charge in [0, 0.05) is 111 Å². The molecule has 32 nitrogen and oxygen atoms in total. The first-order chi connectivity index (χ1) is 48.5. The molecule has 101 heavy (non-hydrogen) atoms. The molecular weight excluding hydrogens is 1350 g/mol. The molecule has 6 aromatic rings. The van der Waals surface area contributed by atoms with E-state index in [1.54, 1.807) is 12.1 Å². The monoisotopic (exact) mass is 1450 g/mol. The number of phosphoric ester groups is 2. The number of aliphatic hydroxyl groups is 2. The van der Waals surface area contributed by atoms with Crippen LogP contribution < -0.4 is 59.6 Å². The van der Waals surface area contributed by atoms with Crippen LogP contribution in [-0.2, 0) is 59.4 Å². The molecule has 12 N–H and O–H groups in total. The number of ether oxygens (including phenoxy) is 2. The number of aldehydes is 1. The highest BCUT2D eigenvalue weighted by Gasteiger charge is 2.38. The van der Waals surface area contributed by atoms with Gasteiger partial charge in [-0.05, 0) is 85.5 Å². The maximum Gasteiger partial charge on any atom is 0.351 e. The van der Waals surface area contributed by atoms with E-state index in [0.717, 1.165) is 46.2 Å². The number of nitrogens with one attached hydrogen (secondary N) is 4. The Kier molecular flexibility index (Phi) is 32.2. The molecule has 0 bridgehead atoms. The molecule has 9 rings (SSSR count). The molecule has 0 saturated carbocycles. The molecule has 34 heteroatoms. The van der Waals surface area contributed by atoms with Crippen LogP contribution in [0.1, 0.15) is 158 Å². The summed E-state index contributed by atoms with van der Waals surface area (Å²) in [6.45, 7) is 4.89. The van der Waals surface area contributed by atoms with Crippen molar-refractivity contribution in [2.45, 2.75) is 159 Å². The number of hydrogen-bond donors (Lipinski definition) is 9. The predicted octanol–water partition coefficient (Wildman–Crippen LogP) is 3.57. The van der Waals surface area contributed by atoms with E-state index in [2.05, 4.69) is 55.7 Å². The number of unbranched alkanes of at least 4 members (excludes halogenated alkanes) is 8. The van der Waals surface area contributed by atoms with Crippen molar-refractivity contribution >= 4 is 57.2 Å². The normalized spacial score (nSPS) is 20.7. The van der Waals surface area contributed by atoms with Gasteiger partial charge in [0.2, 0.25) is 11.8 Å². The van der Waals surface area contributed by atoms with Crippen LogP contribution in [0.3, 0.4) is 0 Å². The van der Waals surface area contributed by atoms with Crippen LogP contribution in [0.25, 0.3) is 0 Å². The summed E-state index contributed by atoms with van der Waals surface area (Å²) < 4.78 is 60.9. The molecule has 4 aromatic heterocycles. The molecular formula is C67H93N13O19P2-2. The van der Waals surface area contributed by atoms with Crippen LogP contribution in [0.4, 0.5) is 11.6 Å². The van der Waals surface area contributed by atoms with Gasteiger partial charge in [0.1, 0.15) is 48.6 Å². The second-order valence-electron chi connectivity index (χ2n) is 24.4. The van der Waals surface area contributed by atoms with Crippen molar-refractivity contribution in [1.29, 1.82) is 0 Å². The van der Waals surface area contributed by atoms with E-state index in [9.17, 15) is 62.7 Å². The van der Waals surface area contributed by atoms with Gasteiger partial charge in [0.05, 0.1) is 44.6 Å². The molecule has 7 heterocycles. The van der Waals surface area contributed by atoms with Crippen LogP contribution in [0.5, 0.6) is 0 Å². The lowest BCUT2D eigenvalue weighted by Gasteiger charge is -2.31. The number of aromatic nitrogens is 6. The van der Waals surface area contributed by atoms with Gasteiger partial charge >= 0.3 is 11.4 Å². The predicted molar refractivity (Wildman–Crippen MR) is 367 cm³/mol. The Labute approximate surface area is 584 Å². The van der Waals surface area contributed by atoms with Crippen LogP contribution in [-0.4, -0.2) is 151 Å². The number of hydrogen-bond acceptors (Lipinski definition) is 24. The summed E-state index contributed by atoms with van der Waals surface area (Å²) in [6, 6.07) is 23.3. The Morgan fingerprint density at radius 1 is 0.624 bits per heavy atom. The van der Waals surface area contributed by atoms with Gasteiger partial charge in [-0.2, -0.15) is 9.97 Å². The SMILES string of the molecule is CCCCCCCNC(=O)C(N)Cn1cccc1.CCCCCCCNC(=O)C1CC(c2ccc(C(=O)NCCOP(=O)([O-])OC[C@H]3O[C@@H](n4ccc(N)nc4=O)CC3O)cc2)c2cccn2C1.Nc1ccn([C@H]2CC(O)[C@@H](COP(=O)([O-])OCCNC(=O)c3ccc(C=O)cc3)O2)c(=O)n1. The molecule has 3 aliphatic heterocycles. The highest BCUT2D eigenvalue weighted by atomic mass is 31.2. The average molecular weight is 1450 g/mol. The van der Waals surface area contributed by atoms with Crippen molar-refractivity contribution in [2.75, 3.05) is 64.1 Å². The van der Waals surface area contributed by atoms with Crippen molar-refractivity contribution in [3.05, 3.63) is 165 Å². The number of carbonyl (C=O) groups is 5. The van der Waals surface area contributed by atoms with E-state index in [-0.39, 0.29) is 74.4 Å². The Bertz CT molecular complexity index is 3800. The molecule has 3 aliphatic rings. The number of benzene rings is 2. The molecule has 552 valence electrons. The van der Waals surface area contributed by atoms with Crippen LogP contribution in [0, 0.1) is 5.92 Å². The van der Waals surface area contributed by atoms with Gasteiger partial charge in [-0.1, -0.05) is 89.5 Å².